The second-order valence-electron chi connectivity index (χ2n) is 6.29. The Labute approximate surface area is 119 Å². The Morgan fingerprint density at radius 1 is 1.25 bits per heavy atom. The zero-order chi connectivity index (χ0) is 14.8. The Balaban J connectivity index is 2.04. The molecule has 20 heavy (non-hydrogen) atoms. The minimum atomic E-state index is -0.404. The van der Waals surface area contributed by atoms with Gasteiger partial charge in [-0.15, -0.1) is 0 Å². The van der Waals surface area contributed by atoms with Crippen molar-refractivity contribution < 1.29 is 9.59 Å². The fourth-order valence-corrected chi connectivity index (χ4v) is 2.27. The van der Waals surface area contributed by atoms with E-state index in [2.05, 4.69) is 31.4 Å². The van der Waals surface area contributed by atoms with Crippen LogP contribution in [0.5, 0.6) is 0 Å². The predicted octanol–water partition coefficient (Wildman–Crippen LogP) is 1.99. The van der Waals surface area contributed by atoms with Crippen molar-refractivity contribution in [2.24, 2.45) is 0 Å². The summed E-state index contributed by atoms with van der Waals surface area (Å²) in [4.78, 5) is 23.7. The van der Waals surface area contributed by atoms with E-state index in [4.69, 9.17) is 0 Å². The summed E-state index contributed by atoms with van der Waals surface area (Å²) in [6, 6.07) is 7.16. The summed E-state index contributed by atoms with van der Waals surface area (Å²) in [5.41, 5.74) is 1.85. The molecule has 4 nitrogen and oxygen atoms in total. The van der Waals surface area contributed by atoms with E-state index in [0.29, 0.717) is 18.5 Å². The molecule has 0 radical (unpaired) electrons. The van der Waals surface area contributed by atoms with Crippen LogP contribution in [0.4, 0.5) is 0 Å². The molecule has 1 saturated heterocycles. The molecule has 1 aliphatic heterocycles. The molecular weight excluding hydrogens is 252 g/mol. The highest BCUT2D eigenvalue weighted by molar-refractivity contribution is 5.97. The Kier molecular flexibility index (Phi) is 4.12. The van der Waals surface area contributed by atoms with Gasteiger partial charge in [0.25, 0.3) is 5.91 Å². The van der Waals surface area contributed by atoms with Gasteiger partial charge in [-0.05, 0) is 36.0 Å². The molecule has 2 N–H and O–H groups in total. The topological polar surface area (TPSA) is 58.2 Å². The van der Waals surface area contributed by atoms with Gasteiger partial charge in [-0.3, -0.25) is 9.59 Å². The van der Waals surface area contributed by atoms with Gasteiger partial charge in [0.1, 0.15) is 6.04 Å². The summed E-state index contributed by atoms with van der Waals surface area (Å²) in [6.45, 7) is 7.10. The molecule has 4 heteroatoms. The van der Waals surface area contributed by atoms with E-state index < -0.39 is 6.04 Å². The number of rotatable bonds is 2. The lowest BCUT2D eigenvalue weighted by molar-refractivity contribution is -0.124. The highest BCUT2D eigenvalue weighted by Crippen LogP contribution is 2.22. The number of carbonyl (C=O) groups is 2. The van der Waals surface area contributed by atoms with Gasteiger partial charge in [0.05, 0.1) is 0 Å². The van der Waals surface area contributed by atoms with Crippen LogP contribution >= 0.6 is 0 Å². The van der Waals surface area contributed by atoms with Gasteiger partial charge in [-0.25, -0.2) is 0 Å². The number of benzene rings is 1. The average molecular weight is 274 g/mol. The summed E-state index contributed by atoms with van der Waals surface area (Å²) in [5.74, 6) is -0.275. The first-order chi connectivity index (χ1) is 9.38. The van der Waals surface area contributed by atoms with Crippen LogP contribution in [0.1, 0.15) is 49.5 Å². The van der Waals surface area contributed by atoms with Crippen LogP contribution in [0.2, 0.25) is 0 Å². The van der Waals surface area contributed by atoms with E-state index in [0.717, 1.165) is 6.42 Å². The molecule has 0 saturated carbocycles. The lowest BCUT2D eigenvalue weighted by Gasteiger charge is -2.23. The third-order valence-corrected chi connectivity index (χ3v) is 3.60. The molecule has 108 valence electrons. The van der Waals surface area contributed by atoms with Gasteiger partial charge < -0.3 is 10.6 Å². The minimum absolute atomic E-state index is 0.0677. The number of piperidine rings is 1. The molecule has 1 aliphatic rings. The highest BCUT2D eigenvalue weighted by Gasteiger charge is 2.24. The van der Waals surface area contributed by atoms with Crippen molar-refractivity contribution in [1.82, 2.24) is 10.6 Å². The predicted molar refractivity (Wildman–Crippen MR) is 78.6 cm³/mol. The molecule has 0 aliphatic carbocycles. The molecule has 2 rings (SSSR count). The van der Waals surface area contributed by atoms with Gasteiger partial charge in [-0.2, -0.15) is 0 Å². The van der Waals surface area contributed by atoms with E-state index in [1.165, 1.54) is 5.56 Å². The average Bonchev–Trinajstić information content (AvgIpc) is 2.40. The smallest absolute Gasteiger partial charge is 0.251 e. The maximum atomic E-state index is 12.1. The molecule has 1 atom stereocenters. The summed E-state index contributed by atoms with van der Waals surface area (Å²) in [5, 5.41) is 5.56. The third-order valence-electron chi connectivity index (χ3n) is 3.60. The quantitative estimate of drug-likeness (QED) is 0.866. The van der Waals surface area contributed by atoms with E-state index in [9.17, 15) is 9.59 Å². The van der Waals surface area contributed by atoms with E-state index in [1.807, 2.05) is 24.3 Å². The van der Waals surface area contributed by atoms with Gasteiger partial charge in [0.15, 0.2) is 0 Å². The lowest BCUT2D eigenvalue weighted by Crippen LogP contribution is -2.50. The fraction of sp³-hybridized carbons (Fsp3) is 0.500. The summed E-state index contributed by atoms with van der Waals surface area (Å²) in [6.07, 6.45) is 1.61. The summed E-state index contributed by atoms with van der Waals surface area (Å²) < 4.78 is 0. The second-order valence-corrected chi connectivity index (χ2v) is 6.29. The van der Waals surface area contributed by atoms with Crippen LogP contribution in [0.15, 0.2) is 24.3 Å². The van der Waals surface area contributed by atoms with Crippen LogP contribution in [-0.4, -0.2) is 24.4 Å². The number of hydrogen-bond donors (Lipinski definition) is 2. The van der Waals surface area contributed by atoms with Crippen LogP contribution in [0.3, 0.4) is 0 Å². The van der Waals surface area contributed by atoms with Gasteiger partial charge >= 0.3 is 0 Å². The summed E-state index contributed by atoms with van der Waals surface area (Å²) >= 11 is 0. The molecular formula is C16H22N2O2. The second kappa shape index (κ2) is 5.65. The Bertz CT molecular complexity index is 500. The maximum Gasteiger partial charge on any atom is 0.251 e. The number of amides is 2. The number of hydrogen-bond acceptors (Lipinski definition) is 2. The fourth-order valence-electron chi connectivity index (χ4n) is 2.27. The molecule has 0 unspecified atom stereocenters. The van der Waals surface area contributed by atoms with E-state index >= 15 is 0 Å². The first-order valence-corrected chi connectivity index (χ1v) is 7.07. The van der Waals surface area contributed by atoms with Crippen molar-refractivity contribution in [2.75, 3.05) is 6.54 Å². The van der Waals surface area contributed by atoms with Crippen molar-refractivity contribution in [3.63, 3.8) is 0 Å². The Morgan fingerprint density at radius 2 is 1.90 bits per heavy atom. The largest absolute Gasteiger partial charge is 0.354 e. The molecule has 2 amide bonds. The lowest BCUT2D eigenvalue weighted by atomic mass is 9.86. The van der Waals surface area contributed by atoms with Crippen molar-refractivity contribution in [3.8, 4) is 0 Å². The number of nitrogens with one attached hydrogen (secondary N) is 2. The monoisotopic (exact) mass is 274 g/mol. The van der Waals surface area contributed by atoms with Crippen LogP contribution < -0.4 is 10.6 Å². The highest BCUT2D eigenvalue weighted by atomic mass is 16.2. The first kappa shape index (κ1) is 14.6. The SMILES string of the molecule is CC(C)(C)c1ccc(C(=O)N[C@H]2CCCNC2=O)cc1. The van der Waals surface area contributed by atoms with Crippen molar-refractivity contribution >= 4 is 11.8 Å². The zero-order valence-corrected chi connectivity index (χ0v) is 12.3. The first-order valence-electron chi connectivity index (χ1n) is 7.07. The molecule has 1 aromatic rings. The van der Waals surface area contributed by atoms with Gasteiger partial charge in [-0.1, -0.05) is 32.9 Å². The Morgan fingerprint density at radius 3 is 2.45 bits per heavy atom. The molecule has 1 fully saturated rings. The number of carbonyl (C=O) groups excluding carboxylic acids is 2. The van der Waals surface area contributed by atoms with Crippen LogP contribution in [0, 0.1) is 0 Å². The van der Waals surface area contributed by atoms with Crippen LogP contribution in [-0.2, 0) is 10.2 Å². The van der Waals surface area contributed by atoms with E-state index in [-0.39, 0.29) is 17.2 Å². The zero-order valence-electron chi connectivity index (χ0n) is 12.3. The Hall–Kier alpha value is -1.84. The molecule has 0 bridgehead atoms. The molecule has 0 spiro atoms. The standard InChI is InChI=1S/C16H22N2O2/c1-16(2,3)12-8-6-11(7-9-12)14(19)18-13-5-4-10-17-15(13)20/h6-9,13H,4-5,10H2,1-3H3,(H,17,20)(H,18,19)/t13-/m0/s1. The normalized spacial score (nSPS) is 19.4. The molecule has 1 aromatic carbocycles. The van der Waals surface area contributed by atoms with Gasteiger partial charge in [0, 0.05) is 12.1 Å². The van der Waals surface area contributed by atoms with Crippen molar-refractivity contribution in [1.29, 1.82) is 0 Å². The van der Waals surface area contributed by atoms with Crippen molar-refractivity contribution in [2.45, 2.75) is 45.1 Å². The van der Waals surface area contributed by atoms with E-state index in [1.54, 1.807) is 0 Å². The summed E-state index contributed by atoms with van der Waals surface area (Å²) in [7, 11) is 0. The molecule has 0 aromatic heterocycles. The maximum absolute atomic E-state index is 12.1. The van der Waals surface area contributed by atoms with Crippen molar-refractivity contribution in [3.05, 3.63) is 35.4 Å². The molecule has 1 heterocycles. The van der Waals surface area contributed by atoms with Crippen LogP contribution in [0.25, 0.3) is 0 Å². The van der Waals surface area contributed by atoms with Gasteiger partial charge in [0.2, 0.25) is 5.91 Å². The minimum Gasteiger partial charge on any atom is -0.354 e. The third kappa shape index (κ3) is 3.38.